The predicted molar refractivity (Wildman–Crippen MR) is 88.4 cm³/mol. The van der Waals surface area contributed by atoms with E-state index >= 15 is 0 Å². The molecule has 0 aliphatic heterocycles. The first-order valence-corrected chi connectivity index (χ1v) is 8.15. The zero-order chi connectivity index (χ0) is 15.1. The molecule has 0 amide bonds. The van der Waals surface area contributed by atoms with Crippen molar-refractivity contribution in [2.24, 2.45) is 0 Å². The Hall–Kier alpha value is -1.33. The number of hydrogen-bond donors (Lipinski definition) is 1. The van der Waals surface area contributed by atoms with Crippen molar-refractivity contribution in [1.82, 2.24) is 15.1 Å². The van der Waals surface area contributed by atoms with Gasteiger partial charge in [-0.05, 0) is 24.6 Å². The molecule has 0 spiro atoms. The maximum atomic E-state index is 5.79. The predicted octanol–water partition coefficient (Wildman–Crippen LogP) is 3.74. The van der Waals surface area contributed by atoms with E-state index in [1.54, 1.807) is 6.20 Å². The number of ether oxygens (including phenoxy) is 1. The van der Waals surface area contributed by atoms with E-state index < -0.39 is 0 Å². The van der Waals surface area contributed by atoms with Gasteiger partial charge in [0, 0.05) is 23.1 Å². The third-order valence-corrected chi connectivity index (χ3v) is 3.89. The number of rotatable bonds is 8. The quantitative estimate of drug-likeness (QED) is 0.787. The maximum Gasteiger partial charge on any atom is 0.157 e. The number of aromatic nitrogens is 2. The van der Waals surface area contributed by atoms with Gasteiger partial charge in [-0.1, -0.05) is 41.9 Å². The van der Waals surface area contributed by atoms with Gasteiger partial charge in [-0.15, -0.1) is 0 Å². The van der Waals surface area contributed by atoms with Gasteiger partial charge in [0.1, 0.15) is 6.61 Å². The Morgan fingerprint density at radius 1 is 1.33 bits per heavy atom. The van der Waals surface area contributed by atoms with E-state index in [0.29, 0.717) is 6.61 Å². The molecule has 5 heteroatoms. The summed E-state index contributed by atoms with van der Waals surface area (Å²) in [6, 6.07) is 6.38. The molecule has 0 aliphatic rings. The molecule has 0 saturated carbocycles. The number of aryl methyl sites for hydroxylation is 1. The molecule has 2 rings (SSSR count). The summed E-state index contributed by atoms with van der Waals surface area (Å²) in [6.07, 6.45) is 4.78. The molecule has 114 valence electrons. The van der Waals surface area contributed by atoms with Gasteiger partial charge < -0.3 is 10.1 Å². The number of benzene rings is 1. The van der Waals surface area contributed by atoms with Crippen molar-refractivity contribution in [3.63, 3.8) is 0 Å². The zero-order valence-corrected chi connectivity index (χ0v) is 14.2. The lowest BCUT2D eigenvalue weighted by atomic mass is 10.1. The van der Waals surface area contributed by atoms with E-state index in [-0.39, 0.29) is 0 Å². The van der Waals surface area contributed by atoms with Gasteiger partial charge in [0.05, 0.1) is 12.4 Å². The van der Waals surface area contributed by atoms with Crippen molar-refractivity contribution in [3.8, 4) is 5.75 Å². The lowest BCUT2D eigenvalue weighted by molar-refractivity contribution is 0.305. The molecule has 1 aromatic carbocycles. The molecule has 0 radical (unpaired) electrons. The fourth-order valence-corrected chi connectivity index (χ4v) is 2.56. The first-order valence-electron chi connectivity index (χ1n) is 7.36. The van der Waals surface area contributed by atoms with E-state index in [0.717, 1.165) is 41.8 Å². The van der Waals surface area contributed by atoms with Crippen LogP contribution in [0.5, 0.6) is 5.75 Å². The molecular weight excluding hydrogens is 330 g/mol. The minimum absolute atomic E-state index is 0.542. The third-order valence-electron chi connectivity index (χ3n) is 3.15. The van der Waals surface area contributed by atoms with Crippen molar-refractivity contribution >= 4 is 15.9 Å². The molecule has 0 bridgehead atoms. The van der Waals surface area contributed by atoms with Gasteiger partial charge in [0.2, 0.25) is 0 Å². The van der Waals surface area contributed by atoms with E-state index in [2.05, 4.69) is 58.4 Å². The highest BCUT2D eigenvalue weighted by Gasteiger charge is 2.04. The number of nitrogens with one attached hydrogen (secondary N) is 1. The summed E-state index contributed by atoms with van der Waals surface area (Å²) in [5.41, 5.74) is 2.40. The Bertz CT molecular complexity index is 568. The molecule has 0 atom stereocenters. The molecule has 2 aromatic rings. The Labute approximate surface area is 134 Å². The molecular formula is C16H22BrN3O. The smallest absolute Gasteiger partial charge is 0.157 e. The Morgan fingerprint density at radius 3 is 2.90 bits per heavy atom. The molecule has 0 aliphatic carbocycles. The second-order valence-corrected chi connectivity index (χ2v) is 5.79. The minimum atomic E-state index is 0.542. The first-order chi connectivity index (χ1) is 10.2. The van der Waals surface area contributed by atoms with Crippen molar-refractivity contribution in [1.29, 1.82) is 0 Å². The zero-order valence-electron chi connectivity index (χ0n) is 12.6. The fourth-order valence-electron chi connectivity index (χ4n) is 2.02. The summed E-state index contributed by atoms with van der Waals surface area (Å²) in [6.45, 7) is 7.57. The van der Waals surface area contributed by atoms with Crippen LogP contribution in [0.4, 0.5) is 0 Å². The lowest BCUT2D eigenvalue weighted by Gasteiger charge is -2.08. The monoisotopic (exact) mass is 351 g/mol. The summed E-state index contributed by atoms with van der Waals surface area (Å²) in [5, 5.41) is 7.58. The molecule has 4 nitrogen and oxygen atoms in total. The van der Waals surface area contributed by atoms with Crippen LogP contribution in [-0.4, -0.2) is 16.3 Å². The SMILES string of the molecule is CCCn1cc(OCc2ccc(CNCC)cc2Br)cn1. The summed E-state index contributed by atoms with van der Waals surface area (Å²) in [7, 11) is 0. The number of halogens is 1. The van der Waals surface area contributed by atoms with Crippen LogP contribution in [0, 0.1) is 0 Å². The molecule has 1 N–H and O–H groups in total. The van der Waals surface area contributed by atoms with Crippen LogP contribution in [0.1, 0.15) is 31.4 Å². The second-order valence-electron chi connectivity index (χ2n) is 4.93. The summed E-state index contributed by atoms with van der Waals surface area (Å²) in [5.74, 6) is 0.812. The van der Waals surface area contributed by atoms with Crippen LogP contribution < -0.4 is 10.1 Å². The van der Waals surface area contributed by atoms with Gasteiger partial charge in [0.25, 0.3) is 0 Å². The Morgan fingerprint density at radius 2 is 2.19 bits per heavy atom. The topological polar surface area (TPSA) is 39.1 Å². The third kappa shape index (κ3) is 4.86. The molecule has 0 fully saturated rings. The lowest BCUT2D eigenvalue weighted by Crippen LogP contribution is -2.11. The molecule has 0 saturated heterocycles. The van der Waals surface area contributed by atoms with Crippen LogP contribution in [-0.2, 0) is 19.7 Å². The highest BCUT2D eigenvalue weighted by molar-refractivity contribution is 9.10. The first kappa shape index (κ1) is 16.0. The van der Waals surface area contributed by atoms with Gasteiger partial charge in [0.15, 0.2) is 5.75 Å². The fraction of sp³-hybridized carbons (Fsp3) is 0.438. The van der Waals surface area contributed by atoms with E-state index in [1.807, 2.05) is 10.9 Å². The van der Waals surface area contributed by atoms with Crippen molar-refractivity contribution < 1.29 is 4.74 Å². The average Bonchev–Trinajstić information content (AvgIpc) is 2.92. The van der Waals surface area contributed by atoms with Crippen LogP contribution in [0.25, 0.3) is 0 Å². The van der Waals surface area contributed by atoms with Gasteiger partial charge in [-0.2, -0.15) is 5.10 Å². The average molecular weight is 352 g/mol. The second kappa shape index (κ2) is 8.20. The Kier molecular flexibility index (Phi) is 6.26. The van der Waals surface area contributed by atoms with Crippen LogP contribution in [0.15, 0.2) is 35.1 Å². The van der Waals surface area contributed by atoms with Crippen LogP contribution in [0.2, 0.25) is 0 Å². The maximum absolute atomic E-state index is 5.79. The largest absolute Gasteiger partial charge is 0.486 e. The highest BCUT2D eigenvalue weighted by Crippen LogP contribution is 2.21. The van der Waals surface area contributed by atoms with Crippen molar-refractivity contribution in [2.75, 3.05) is 6.54 Å². The van der Waals surface area contributed by atoms with Crippen LogP contribution in [0.3, 0.4) is 0 Å². The summed E-state index contributed by atoms with van der Waals surface area (Å²) < 4.78 is 8.78. The van der Waals surface area contributed by atoms with E-state index in [9.17, 15) is 0 Å². The highest BCUT2D eigenvalue weighted by atomic mass is 79.9. The van der Waals surface area contributed by atoms with Gasteiger partial charge in [-0.25, -0.2) is 0 Å². The van der Waals surface area contributed by atoms with Crippen LogP contribution >= 0.6 is 15.9 Å². The summed E-state index contributed by atoms with van der Waals surface area (Å²) >= 11 is 3.61. The van der Waals surface area contributed by atoms with Gasteiger partial charge >= 0.3 is 0 Å². The summed E-state index contributed by atoms with van der Waals surface area (Å²) in [4.78, 5) is 0. The minimum Gasteiger partial charge on any atom is -0.486 e. The standard InChI is InChI=1S/C16H22BrN3O/c1-3-7-20-11-15(10-19-20)21-12-14-6-5-13(8-16(14)17)9-18-4-2/h5-6,8,10-11,18H,3-4,7,9,12H2,1-2H3. The molecule has 0 unspecified atom stereocenters. The number of nitrogens with zero attached hydrogens (tertiary/aromatic N) is 2. The van der Waals surface area contributed by atoms with E-state index in [1.165, 1.54) is 5.56 Å². The molecule has 21 heavy (non-hydrogen) atoms. The normalized spacial score (nSPS) is 10.8. The van der Waals surface area contributed by atoms with Crippen molar-refractivity contribution in [3.05, 3.63) is 46.2 Å². The number of hydrogen-bond acceptors (Lipinski definition) is 3. The van der Waals surface area contributed by atoms with Gasteiger partial charge in [-0.3, -0.25) is 4.68 Å². The van der Waals surface area contributed by atoms with E-state index in [4.69, 9.17) is 4.74 Å². The molecule has 1 aromatic heterocycles. The van der Waals surface area contributed by atoms with Crippen molar-refractivity contribution in [2.45, 2.75) is 40.0 Å². The Balaban J connectivity index is 1.92. The molecule has 1 heterocycles.